The normalized spacial score (nSPS) is 11.5. The van der Waals surface area contributed by atoms with Crippen LogP contribution in [0.1, 0.15) is 25.0 Å². The molecule has 0 unspecified atom stereocenters. The highest BCUT2D eigenvalue weighted by Crippen LogP contribution is 2.16. The summed E-state index contributed by atoms with van der Waals surface area (Å²) < 4.78 is 26.1. The molecule has 2 aromatic carbocycles. The van der Waals surface area contributed by atoms with Crippen molar-refractivity contribution in [3.05, 3.63) is 65.2 Å². The standard InChI is InChI=1S/C16H16F2N2/c1-3-12-6-4-5-7-16(12)20-19-11(2)13-8-9-14(17)15(18)10-13/h4-10,20H,3H2,1-2H3/b19-11-. The first-order valence-corrected chi connectivity index (χ1v) is 6.45. The Balaban J connectivity index is 2.20. The van der Waals surface area contributed by atoms with Gasteiger partial charge in [-0.05, 0) is 43.2 Å². The summed E-state index contributed by atoms with van der Waals surface area (Å²) in [6.45, 7) is 3.81. The van der Waals surface area contributed by atoms with Gasteiger partial charge in [0, 0.05) is 5.56 Å². The maximum absolute atomic E-state index is 13.2. The van der Waals surface area contributed by atoms with Gasteiger partial charge in [-0.15, -0.1) is 0 Å². The van der Waals surface area contributed by atoms with Crippen LogP contribution in [-0.2, 0) is 6.42 Å². The van der Waals surface area contributed by atoms with Crippen molar-refractivity contribution in [3.8, 4) is 0 Å². The second-order valence-electron chi connectivity index (χ2n) is 4.45. The fraction of sp³-hybridized carbons (Fsp3) is 0.188. The van der Waals surface area contributed by atoms with Crippen LogP contribution in [0.4, 0.5) is 14.5 Å². The lowest BCUT2D eigenvalue weighted by Crippen LogP contribution is -2.02. The fourth-order valence-corrected chi connectivity index (χ4v) is 1.87. The van der Waals surface area contributed by atoms with E-state index >= 15 is 0 Å². The molecule has 2 aromatic rings. The summed E-state index contributed by atoms with van der Waals surface area (Å²) >= 11 is 0. The lowest BCUT2D eigenvalue weighted by Gasteiger charge is -2.08. The van der Waals surface area contributed by atoms with E-state index in [1.807, 2.05) is 24.3 Å². The first-order valence-electron chi connectivity index (χ1n) is 6.45. The molecule has 0 bridgehead atoms. The van der Waals surface area contributed by atoms with Crippen molar-refractivity contribution in [2.75, 3.05) is 5.43 Å². The van der Waals surface area contributed by atoms with Gasteiger partial charge >= 0.3 is 0 Å². The van der Waals surface area contributed by atoms with Gasteiger partial charge in [-0.2, -0.15) is 5.10 Å². The first-order chi connectivity index (χ1) is 9.61. The van der Waals surface area contributed by atoms with Crippen LogP contribution in [0.15, 0.2) is 47.6 Å². The van der Waals surface area contributed by atoms with Crippen LogP contribution in [0, 0.1) is 11.6 Å². The van der Waals surface area contributed by atoms with Crippen LogP contribution in [-0.4, -0.2) is 5.71 Å². The molecule has 0 atom stereocenters. The third-order valence-corrected chi connectivity index (χ3v) is 3.08. The Bertz CT molecular complexity index is 636. The van der Waals surface area contributed by atoms with E-state index in [0.717, 1.165) is 29.8 Å². The van der Waals surface area contributed by atoms with E-state index in [2.05, 4.69) is 17.5 Å². The highest BCUT2D eigenvalue weighted by molar-refractivity contribution is 5.99. The minimum absolute atomic E-state index is 0.547. The molecule has 0 spiro atoms. The first kappa shape index (κ1) is 14.2. The van der Waals surface area contributed by atoms with Crippen LogP contribution < -0.4 is 5.43 Å². The number of aryl methyl sites for hydroxylation is 1. The molecule has 0 heterocycles. The van der Waals surface area contributed by atoms with Crippen molar-refractivity contribution in [2.24, 2.45) is 5.10 Å². The molecule has 0 amide bonds. The summed E-state index contributed by atoms with van der Waals surface area (Å²) in [5.74, 6) is -1.73. The molecule has 0 saturated heterocycles. The second kappa shape index (κ2) is 6.28. The molecule has 0 radical (unpaired) electrons. The summed E-state index contributed by atoms with van der Waals surface area (Å²) in [6, 6.07) is 11.6. The van der Waals surface area contributed by atoms with E-state index in [-0.39, 0.29) is 0 Å². The molecule has 104 valence electrons. The molecular formula is C16H16F2N2. The average molecular weight is 274 g/mol. The van der Waals surface area contributed by atoms with Gasteiger partial charge in [0.15, 0.2) is 11.6 Å². The Morgan fingerprint density at radius 3 is 2.55 bits per heavy atom. The SMILES string of the molecule is CCc1ccccc1N/N=C(/C)c1ccc(F)c(F)c1. The summed E-state index contributed by atoms with van der Waals surface area (Å²) in [6.07, 6.45) is 0.892. The maximum Gasteiger partial charge on any atom is 0.159 e. The van der Waals surface area contributed by atoms with E-state index < -0.39 is 11.6 Å². The lowest BCUT2D eigenvalue weighted by molar-refractivity contribution is 0.508. The van der Waals surface area contributed by atoms with Crippen LogP contribution >= 0.6 is 0 Å². The third-order valence-electron chi connectivity index (χ3n) is 3.08. The summed E-state index contributed by atoms with van der Waals surface area (Å²) in [5, 5.41) is 4.22. The zero-order chi connectivity index (χ0) is 14.5. The molecule has 0 aliphatic rings. The number of nitrogens with one attached hydrogen (secondary N) is 1. The zero-order valence-electron chi connectivity index (χ0n) is 11.5. The average Bonchev–Trinajstić information content (AvgIpc) is 2.47. The Morgan fingerprint density at radius 2 is 1.85 bits per heavy atom. The Hall–Kier alpha value is -2.23. The van der Waals surface area contributed by atoms with Gasteiger partial charge in [-0.3, -0.25) is 5.43 Å². The van der Waals surface area contributed by atoms with E-state index in [1.165, 1.54) is 6.07 Å². The van der Waals surface area contributed by atoms with Crippen LogP contribution in [0.5, 0.6) is 0 Å². The minimum atomic E-state index is -0.869. The number of nitrogens with zero attached hydrogens (tertiary/aromatic N) is 1. The van der Waals surface area contributed by atoms with Crippen molar-refractivity contribution in [1.29, 1.82) is 0 Å². The number of anilines is 1. The number of halogens is 2. The molecule has 20 heavy (non-hydrogen) atoms. The van der Waals surface area contributed by atoms with E-state index in [9.17, 15) is 8.78 Å². The van der Waals surface area contributed by atoms with E-state index in [1.54, 1.807) is 6.92 Å². The molecule has 0 fully saturated rings. The van der Waals surface area contributed by atoms with Crippen molar-refractivity contribution < 1.29 is 8.78 Å². The van der Waals surface area contributed by atoms with E-state index in [0.29, 0.717) is 11.3 Å². The van der Waals surface area contributed by atoms with Crippen molar-refractivity contribution in [1.82, 2.24) is 0 Å². The smallest absolute Gasteiger partial charge is 0.159 e. The number of hydrogen-bond acceptors (Lipinski definition) is 2. The molecule has 0 saturated carbocycles. The van der Waals surface area contributed by atoms with Gasteiger partial charge in [0.1, 0.15) is 0 Å². The van der Waals surface area contributed by atoms with Gasteiger partial charge in [-0.1, -0.05) is 25.1 Å². The number of para-hydroxylation sites is 1. The van der Waals surface area contributed by atoms with Gasteiger partial charge in [0.25, 0.3) is 0 Å². The van der Waals surface area contributed by atoms with Crippen molar-refractivity contribution >= 4 is 11.4 Å². The summed E-state index contributed by atoms with van der Waals surface area (Å²) in [7, 11) is 0. The quantitative estimate of drug-likeness (QED) is 0.650. The molecule has 4 heteroatoms. The molecule has 2 rings (SSSR count). The Morgan fingerprint density at radius 1 is 1.10 bits per heavy atom. The number of hydrazone groups is 1. The van der Waals surface area contributed by atoms with Crippen LogP contribution in [0.2, 0.25) is 0 Å². The molecule has 0 aliphatic carbocycles. The second-order valence-corrected chi connectivity index (χ2v) is 4.45. The van der Waals surface area contributed by atoms with Crippen LogP contribution in [0.3, 0.4) is 0 Å². The van der Waals surface area contributed by atoms with Crippen molar-refractivity contribution in [2.45, 2.75) is 20.3 Å². The largest absolute Gasteiger partial charge is 0.278 e. The maximum atomic E-state index is 13.2. The topological polar surface area (TPSA) is 24.4 Å². The lowest BCUT2D eigenvalue weighted by atomic mass is 10.1. The minimum Gasteiger partial charge on any atom is -0.278 e. The highest BCUT2D eigenvalue weighted by Gasteiger charge is 2.05. The fourth-order valence-electron chi connectivity index (χ4n) is 1.87. The summed E-state index contributed by atoms with van der Waals surface area (Å²) in [4.78, 5) is 0. The highest BCUT2D eigenvalue weighted by atomic mass is 19.2. The molecule has 2 nitrogen and oxygen atoms in total. The number of benzene rings is 2. The molecular weight excluding hydrogens is 258 g/mol. The zero-order valence-corrected chi connectivity index (χ0v) is 11.5. The third kappa shape index (κ3) is 3.20. The number of hydrogen-bond donors (Lipinski definition) is 1. The van der Waals surface area contributed by atoms with Gasteiger partial charge < -0.3 is 0 Å². The van der Waals surface area contributed by atoms with Gasteiger partial charge in [-0.25, -0.2) is 8.78 Å². The molecule has 0 aromatic heterocycles. The predicted octanol–water partition coefficient (Wildman–Crippen LogP) is 4.36. The Kier molecular flexibility index (Phi) is 4.45. The molecule has 1 N–H and O–H groups in total. The number of rotatable bonds is 4. The van der Waals surface area contributed by atoms with E-state index in [4.69, 9.17) is 0 Å². The van der Waals surface area contributed by atoms with Gasteiger partial charge in [0.05, 0.1) is 11.4 Å². The monoisotopic (exact) mass is 274 g/mol. The van der Waals surface area contributed by atoms with Crippen LogP contribution in [0.25, 0.3) is 0 Å². The summed E-state index contributed by atoms with van der Waals surface area (Å²) in [5.41, 5.74) is 6.17. The predicted molar refractivity (Wildman–Crippen MR) is 78.0 cm³/mol. The Labute approximate surface area is 117 Å². The van der Waals surface area contributed by atoms with Gasteiger partial charge in [0.2, 0.25) is 0 Å². The van der Waals surface area contributed by atoms with Crippen molar-refractivity contribution in [3.63, 3.8) is 0 Å². The molecule has 0 aliphatic heterocycles.